The molecule has 0 saturated heterocycles. The van der Waals surface area contributed by atoms with Gasteiger partial charge in [-0.3, -0.25) is 14.4 Å². The fourth-order valence-corrected chi connectivity index (χ4v) is 2.65. The predicted molar refractivity (Wildman–Crippen MR) is 111 cm³/mol. The Kier molecular flexibility index (Phi) is 10.1. The molecule has 12 heteroatoms. The zero-order chi connectivity index (χ0) is 23.7. The summed E-state index contributed by atoms with van der Waals surface area (Å²) in [5, 5.41) is 26.2. The molecule has 0 radical (unpaired) electrons. The fourth-order valence-electron chi connectivity index (χ4n) is 2.65. The number of aromatic amines is 1. The van der Waals surface area contributed by atoms with Crippen LogP contribution in [0.4, 0.5) is 0 Å². The Hall–Kier alpha value is -2.99. The standard InChI is InChI=1S/C19H32N6O6/c1-5-9(2)15(19(30)31)25-16(27)10(3)23-17(28)13(6-12-7-21-8-22-12)24-18(29)14(20)11(4)26/h7-11,13-15,26H,5-6,20H2,1-4H3,(H,21,22)(H,23,28)(H,24,29)(H,25,27)(H,30,31). The van der Waals surface area contributed by atoms with Crippen LogP contribution < -0.4 is 21.7 Å². The molecule has 0 fully saturated rings. The van der Waals surface area contributed by atoms with Gasteiger partial charge in [0.2, 0.25) is 17.7 Å². The van der Waals surface area contributed by atoms with E-state index >= 15 is 0 Å². The quantitative estimate of drug-likeness (QED) is 0.199. The number of nitrogens with two attached hydrogens (primary N) is 1. The number of carbonyl (C=O) groups excluding carboxylic acids is 3. The van der Waals surface area contributed by atoms with E-state index in [9.17, 15) is 29.4 Å². The normalized spacial score (nSPS) is 16.8. The summed E-state index contributed by atoms with van der Waals surface area (Å²) in [4.78, 5) is 55.5. The number of aromatic nitrogens is 2. The smallest absolute Gasteiger partial charge is 0.326 e. The van der Waals surface area contributed by atoms with Crippen molar-refractivity contribution in [2.75, 3.05) is 0 Å². The third-order valence-corrected chi connectivity index (χ3v) is 4.96. The number of aliphatic hydroxyl groups is 1. The van der Waals surface area contributed by atoms with Crippen LogP contribution in [0.3, 0.4) is 0 Å². The van der Waals surface area contributed by atoms with Crippen molar-refractivity contribution >= 4 is 23.7 Å². The lowest BCUT2D eigenvalue weighted by Gasteiger charge is -2.25. The Balaban J connectivity index is 2.87. The van der Waals surface area contributed by atoms with Gasteiger partial charge in [-0.05, 0) is 19.8 Å². The van der Waals surface area contributed by atoms with Gasteiger partial charge < -0.3 is 36.9 Å². The summed E-state index contributed by atoms with van der Waals surface area (Å²) in [7, 11) is 0. The Bertz CT molecular complexity index is 753. The first kappa shape index (κ1) is 26.0. The summed E-state index contributed by atoms with van der Waals surface area (Å²) in [6, 6.07) is -4.52. The molecule has 6 unspecified atom stereocenters. The highest BCUT2D eigenvalue weighted by Crippen LogP contribution is 2.08. The Morgan fingerprint density at radius 3 is 2.23 bits per heavy atom. The molecular formula is C19H32N6O6. The third-order valence-electron chi connectivity index (χ3n) is 4.96. The van der Waals surface area contributed by atoms with E-state index in [-0.39, 0.29) is 12.3 Å². The summed E-state index contributed by atoms with van der Waals surface area (Å²) in [5.41, 5.74) is 6.17. The van der Waals surface area contributed by atoms with Gasteiger partial charge in [0.05, 0.1) is 12.4 Å². The molecular weight excluding hydrogens is 408 g/mol. The van der Waals surface area contributed by atoms with Crippen molar-refractivity contribution in [3.05, 3.63) is 18.2 Å². The molecule has 1 heterocycles. The van der Waals surface area contributed by atoms with Crippen molar-refractivity contribution in [2.45, 2.75) is 70.8 Å². The SMILES string of the molecule is CCC(C)C(NC(=O)C(C)NC(=O)C(Cc1cnc[nH]1)NC(=O)C(N)C(C)O)C(=O)O. The van der Waals surface area contributed by atoms with Crippen LogP contribution in [0.1, 0.15) is 39.8 Å². The summed E-state index contributed by atoms with van der Waals surface area (Å²) < 4.78 is 0. The van der Waals surface area contributed by atoms with E-state index < -0.39 is 54.0 Å². The van der Waals surface area contributed by atoms with Gasteiger partial charge in [0.15, 0.2) is 0 Å². The molecule has 31 heavy (non-hydrogen) atoms. The number of imidazole rings is 1. The number of nitrogens with zero attached hydrogens (tertiary/aromatic N) is 1. The molecule has 1 rings (SSSR count). The van der Waals surface area contributed by atoms with Gasteiger partial charge in [-0.25, -0.2) is 9.78 Å². The van der Waals surface area contributed by atoms with Gasteiger partial charge in [-0.15, -0.1) is 0 Å². The van der Waals surface area contributed by atoms with Crippen LogP contribution in [0.5, 0.6) is 0 Å². The van der Waals surface area contributed by atoms with Crippen LogP contribution in [0.2, 0.25) is 0 Å². The van der Waals surface area contributed by atoms with Crippen LogP contribution in [-0.4, -0.2) is 74.1 Å². The van der Waals surface area contributed by atoms with E-state index in [0.717, 1.165) is 0 Å². The molecule has 174 valence electrons. The first-order valence-electron chi connectivity index (χ1n) is 10.0. The number of aliphatic carboxylic acids is 1. The van der Waals surface area contributed by atoms with Crippen molar-refractivity contribution in [3.8, 4) is 0 Å². The molecule has 0 spiro atoms. The highest BCUT2D eigenvalue weighted by atomic mass is 16.4. The number of carboxylic acids is 1. The maximum absolute atomic E-state index is 12.8. The van der Waals surface area contributed by atoms with Crippen LogP contribution in [0.15, 0.2) is 12.5 Å². The van der Waals surface area contributed by atoms with Crippen LogP contribution in [-0.2, 0) is 25.6 Å². The van der Waals surface area contributed by atoms with Gasteiger partial charge in [0, 0.05) is 18.3 Å². The van der Waals surface area contributed by atoms with Crippen molar-refractivity contribution in [1.82, 2.24) is 25.9 Å². The van der Waals surface area contributed by atoms with Crippen LogP contribution in [0, 0.1) is 5.92 Å². The number of H-pyrrole nitrogens is 1. The number of amides is 3. The number of carboxylic acid groups (broad SMARTS) is 1. The zero-order valence-electron chi connectivity index (χ0n) is 18.1. The van der Waals surface area contributed by atoms with E-state index in [4.69, 9.17) is 5.73 Å². The lowest BCUT2D eigenvalue weighted by atomic mass is 9.99. The molecule has 0 aromatic carbocycles. The van der Waals surface area contributed by atoms with Gasteiger partial charge >= 0.3 is 5.97 Å². The molecule has 3 amide bonds. The summed E-state index contributed by atoms with van der Waals surface area (Å²) in [6.45, 7) is 6.25. The van der Waals surface area contributed by atoms with Crippen molar-refractivity contribution in [3.63, 3.8) is 0 Å². The lowest BCUT2D eigenvalue weighted by molar-refractivity contribution is -0.143. The molecule has 0 saturated carbocycles. The van der Waals surface area contributed by atoms with Crippen molar-refractivity contribution in [2.24, 2.45) is 11.7 Å². The molecule has 0 aliphatic heterocycles. The second kappa shape index (κ2) is 12.0. The number of hydrogen-bond donors (Lipinski definition) is 7. The maximum atomic E-state index is 12.8. The second-order valence-corrected chi connectivity index (χ2v) is 7.55. The Morgan fingerprint density at radius 1 is 1.10 bits per heavy atom. The molecule has 0 bridgehead atoms. The monoisotopic (exact) mass is 440 g/mol. The van der Waals surface area contributed by atoms with E-state index in [1.807, 2.05) is 0 Å². The molecule has 6 atom stereocenters. The molecule has 1 aromatic rings. The van der Waals surface area contributed by atoms with E-state index in [1.54, 1.807) is 13.8 Å². The largest absolute Gasteiger partial charge is 0.480 e. The minimum absolute atomic E-state index is 0.0308. The minimum atomic E-state index is -1.25. The lowest BCUT2D eigenvalue weighted by Crippen LogP contribution is -2.58. The number of nitrogens with one attached hydrogen (secondary N) is 4. The number of aliphatic hydroxyl groups excluding tert-OH is 1. The Morgan fingerprint density at radius 2 is 1.74 bits per heavy atom. The fraction of sp³-hybridized carbons (Fsp3) is 0.632. The van der Waals surface area contributed by atoms with E-state index in [0.29, 0.717) is 12.1 Å². The third kappa shape index (κ3) is 7.98. The molecule has 0 aliphatic rings. The number of hydrogen-bond acceptors (Lipinski definition) is 7. The average molecular weight is 441 g/mol. The number of rotatable bonds is 12. The van der Waals surface area contributed by atoms with Crippen molar-refractivity contribution < 1.29 is 29.4 Å². The van der Waals surface area contributed by atoms with E-state index in [1.165, 1.54) is 26.4 Å². The van der Waals surface area contributed by atoms with Crippen molar-refractivity contribution in [1.29, 1.82) is 0 Å². The van der Waals surface area contributed by atoms with E-state index in [2.05, 4.69) is 25.9 Å². The van der Waals surface area contributed by atoms with Gasteiger partial charge in [-0.2, -0.15) is 0 Å². The van der Waals surface area contributed by atoms with Crippen LogP contribution >= 0.6 is 0 Å². The Labute approximate surface area is 180 Å². The average Bonchev–Trinajstić information content (AvgIpc) is 3.22. The highest BCUT2D eigenvalue weighted by molar-refractivity contribution is 5.94. The predicted octanol–water partition coefficient (Wildman–Crippen LogP) is -1.73. The first-order valence-corrected chi connectivity index (χ1v) is 10.0. The van der Waals surface area contributed by atoms with Gasteiger partial charge in [0.25, 0.3) is 0 Å². The molecule has 0 aliphatic carbocycles. The maximum Gasteiger partial charge on any atom is 0.326 e. The topological polar surface area (TPSA) is 200 Å². The second-order valence-electron chi connectivity index (χ2n) is 7.55. The molecule has 12 nitrogen and oxygen atoms in total. The highest BCUT2D eigenvalue weighted by Gasteiger charge is 2.31. The molecule has 8 N–H and O–H groups in total. The minimum Gasteiger partial charge on any atom is -0.480 e. The van der Waals surface area contributed by atoms with Crippen LogP contribution in [0.25, 0.3) is 0 Å². The van der Waals surface area contributed by atoms with Gasteiger partial charge in [0.1, 0.15) is 24.2 Å². The summed E-state index contributed by atoms with van der Waals surface area (Å²) in [5.74, 6) is -3.57. The zero-order valence-corrected chi connectivity index (χ0v) is 18.1. The summed E-state index contributed by atoms with van der Waals surface area (Å²) >= 11 is 0. The first-order chi connectivity index (χ1) is 14.5. The van der Waals surface area contributed by atoms with Gasteiger partial charge in [-0.1, -0.05) is 20.3 Å². The molecule has 1 aromatic heterocycles. The summed E-state index contributed by atoms with van der Waals surface area (Å²) in [6.07, 6.45) is 2.32. The number of carbonyl (C=O) groups is 4.